The summed E-state index contributed by atoms with van der Waals surface area (Å²) in [5, 5.41) is 6.79. The molecule has 0 aromatic carbocycles. The Bertz CT molecular complexity index is 261. The average molecular weight is 410 g/mol. The number of halogens is 1. The molecule has 1 saturated carbocycles. The molecule has 126 valence electrons. The maximum atomic E-state index is 4.65. The van der Waals surface area contributed by atoms with Gasteiger partial charge in [-0.15, -0.1) is 24.0 Å². The van der Waals surface area contributed by atoms with Crippen molar-refractivity contribution in [2.45, 2.75) is 52.9 Å². The van der Waals surface area contributed by atoms with Gasteiger partial charge < -0.3 is 15.5 Å². The van der Waals surface area contributed by atoms with Gasteiger partial charge in [-0.1, -0.05) is 13.8 Å². The summed E-state index contributed by atoms with van der Waals surface area (Å²) in [6, 6.07) is 0. The lowest BCUT2D eigenvalue weighted by Crippen LogP contribution is -2.39. The fourth-order valence-electron chi connectivity index (χ4n) is 2.34. The van der Waals surface area contributed by atoms with Gasteiger partial charge in [0.25, 0.3) is 0 Å². The zero-order chi connectivity index (χ0) is 14.6. The first kappa shape index (κ1) is 21.0. The van der Waals surface area contributed by atoms with Crippen LogP contribution >= 0.6 is 24.0 Å². The van der Waals surface area contributed by atoms with E-state index in [1.807, 2.05) is 0 Å². The SMILES string of the molecule is CCCN(CCC)CCCNC(=NCC1CC1)NCC.I. The van der Waals surface area contributed by atoms with Gasteiger partial charge in [-0.05, 0) is 64.6 Å². The summed E-state index contributed by atoms with van der Waals surface area (Å²) in [4.78, 5) is 7.21. The number of aliphatic imine (C=N–C) groups is 1. The lowest BCUT2D eigenvalue weighted by Gasteiger charge is -2.21. The minimum atomic E-state index is 0. The highest BCUT2D eigenvalue weighted by Crippen LogP contribution is 2.28. The summed E-state index contributed by atoms with van der Waals surface area (Å²) in [6.45, 7) is 13.2. The Hall–Kier alpha value is -0.0400. The van der Waals surface area contributed by atoms with Gasteiger partial charge in [0, 0.05) is 19.6 Å². The molecule has 0 bridgehead atoms. The van der Waals surface area contributed by atoms with Crippen molar-refractivity contribution in [3.05, 3.63) is 0 Å². The molecular formula is C16H35IN4. The second-order valence-corrected chi connectivity index (χ2v) is 5.78. The molecule has 0 unspecified atom stereocenters. The molecule has 4 nitrogen and oxygen atoms in total. The van der Waals surface area contributed by atoms with E-state index in [1.165, 1.54) is 51.7 Å². The molecule has 1 fully saturated rings. The Morgan fingerprint density at radius 3 is 2.24 bits per heavy atom. The maximum absolute atomic E-state index is 4.65. The molecule has 2 N–H and O–H groups in total. The molecule has 0 radical (unpaired) electrons. The molecule has 1 aliphatic rings. The first-order chi connectivity index (χ1) is 9.80. The van der Waals surface area contributed by atoms with Gasteiger partial charge in [0.15, 0.2) is 5.96 Å². The van der Waals surface area contributed by atoms with E-state index in [2.05, 4.69) is 41.3 Å². The van der Waals surface area contributed by atoms with Crippen LogP contribution < -0.4 is 10.6 Å². The molecule has 0 spiro atoms. The summed E-state index contributed by atoms with van der Waals surface area (Å²) in [5.74, 6) is 1.85. The number of hydrogen-bond acceptors (Lipinski definition) is 2. The van der Waals surface area contributed by atoms with Crippen LogP contribution in [0.2, 0.25) is 0 Å². The van der Waals surface area contributed by atoms with Crippen molar-refractivity contribution in [3.8, 4) is 0 Å². The quantitative estimate of drug-likeness (QED) is 0.238. The van der Waals surface area contributed by atoms with Crippen molar-refractivity contribution in [2.24, 2.45) is 10.9 Å². The highest BCUT2D eigenvalue weighted by molar-refractivity contribution is 14.0. The largest absolute Gasteiger partial charge is 0.357 e. The van der Waals surface area contributed by atoms with Crippen LogP contribution in [0.15, 0.2) is 4.99 Å². The number of rotatable bonds is 11. The first-order valence-electron chi connectivity index (χ1n) is 8.54. The molecule has 0 saturated heterocycles. The average Bonchev–Trinajstić information content (AvgIpc) is 3.25. The fraction of sp³-hybridized carbons (Fsp3) is 0.938. The standard InChI is InChI=1S/C16H34N4.HI/c1-4-11-20(12-5-2)13-7-10-18-16(17-6-3)19-14-15-8-9-15;/h15H,4-14H2,1-3H3,(H2,17,18,19);1H. The molecule has 0 atom stereocenters. The van der Waals surface area contributed by atoms with Crippen LogP contribution in [0.25, 0.3) is 0 Å². The van der Waals surface area contributed by atoms with Crippen LogP contribution in [0.3, 0.4) is 0 Å². The van der Waals surface area contributed by atoms with E-state index in [0.29, 0.717) is 0 Å². The van der Waals surface area contributed by atoms with Gasteiger partial charge >= 0.3 is 0 Å². The Labute approximate surface area is 148 Å². The summed E-state index contributed by atoms with van der Waals surface area (Å²) in [6.07, 6.45) is 6.42. The van der Waals surface area contributed by atoms with E-state index < -0.39 is 0 Å². The summed E-state index contributed by atoms with van der Waals surface area (Å²) in [5.41, 5.74) is 0. The van der Waals surface area contributed by atoms with Gasteiger partial charge in [-0.3, -0.25) is 4.99 Å². The zero-order valence-electron chi connectivity index (χ0n) is 14.2. The third-order valence-corrected chi connectivity index (χ3v) is 3.57. The van der Waals surface area contributed by atoms with Gasteiger partial charge in [-0.25, -0.2) is 0 Å². The zero-order valence-corrected chi connectivity index (χ0v) is 16.5. The van der Waals surface area contributed by atoms with Crippen LogP contribution in [0, 0.1) is 5.92 Å². The van der Waals surface area contributed by atoms with Crippen molar-refractivity contribution in [2.75, 3.05) is 39.3 Å². The van der Waals surface area contributed by atoms with Crippen molar-refractivity contribution < 1.29 is 0 Å². The van der Waals surface area contributed by atoms with Gasteiger partial charge in [0.05, 0.1) is 0 Å². The lowest BCUT2D eigenvalue weighted by atomic mass is 10.3. The molecule has 1 rings (SSSR count). The number of hydrogen-bond donors (Lipinski definition) is 2. The van der Waals surface area contributed by atoms with Crippen molar-refractivity contribution >= 4 is 29.9 Å². The van der Waals surface area contributed by atoms with E-state index >= 15 is 0 Å². The Morgan fingerprint density at radius 1 is 1.05 bits per heavy atom. The molecular weight excluding hydrogens is 375 g/mol. The maximum Gasteiger partial charge on any atom is 0.191 e. The topological polar surface area (TPSA) is 39.7 Å². The van der Waals surface area contributed by atoms with E-state index in [0.717, 1.165) is 31.5 Å². The van der Waals surface area contributed by atoms with Crippen LogP contribution in [0.1, 0.15) is 52.9 Å². The Morgan fingerprint density at radius 2 is 1.71 bits per heavy atom. The number of nitrogens with one attached hydrogen (secondary N) is 2. The predicted octanol–water partition coefficient (Wildman–Crippen LogP) is 3.08. The third kappa shape index (κ3) is 11.2. The highest BCUT2D eigenvalue weighted by Gasteiger charge is 2.20. The summed E-state index contributed by atoms with van der Waals surface area (Å²) < 4.78 is 0. The first-order valence-corrected chi connectivity index (χ1v) is 8.54. The van der Waals surface area contributed by atoms with Crippen LogP contribution in [-0.2, 0) is 0 Å². The highest BCUT2D eigenvalue weighted by atomic mass is 127. The van der Waals surface area contributed by atoms with Crippen LogP contribution in [-0.4, -0.2) is 50.1 Å². The van der Waals surface area contributed by atoms with E-state index in [4.69, 9.17) is 0 Å². The van der Waals surface area contributed by atoms with Crippen molar-refractivity contribution in [1.82, 2.24) is 15.5 Å². The molecule has 5 heteroatoms. The summed E-state index contributed by atoms with van der Waals surface area (Å²) in [7, 11) is 0. The smallest absolute Gasteiger partial charge is 0.191 e. The molecule has 21 heavy (non-hydrogen) atoms. The third-order valence-electron chi connectivity index (χ3n) is 3.57. The predicted molar refractivity (Wildman–Crippen MR) is 104 cm³/mol. The van der Waals surface area contributed by atoms with Gasteiger partial charge in [-0.2, -0.15) is 0 Å². The summed E-state index contributed by atoms with van der Waals surface area (Å²) >= 11 is 0. The van der Waals surface area contributed by atoms with Crippen LogP contribution in [0.5, 0.6) is 0 Å². The van der Waals surface area contributed by atoms with E-state index in [9.17, 15) is 0 Å². The molecule has 0 aromatic rings. The minimum absolute atomic E-state index is 0. The lowest BCUT2D eigenvalue weighted by molar-refractivity contribution is 0.271. The number of nitrogens with zero attached hydrogens (tertiary/aromatic N) is 2. The molecule has 0 aromatic heterocycles. The number of guanidine groups is 1. The Balaban J connectivity index is 0.00000400. The second-order valence-electron chi connectivity index (χ2n) is 5.78. The monoisotopic (exact) mass is 410 g/mol. The van der Waals surface area contributed by atoms with E-state index in [-0.39, 0.29) is 24.0 Å². The molecule has 1 aliphatic carbocycles. The fourth-order valence-corrected chi connectivity index (χ4v) is 2.34. The van der Waals surface area contributed by atoms with E-state index in [1.54, 1.807) is 0 Å². The minimum Gasteiger partial charge on any atom is -0.357 e. The second kappa shape index (κ2) is 13.6. The molecule has 0 aliphatic heterocycles. The van der Waals surface area contributed by atoms with Gasteiger partial charge in [0.1, 0.15) is 0 Å². The Kier molecular flexibility index (Phi) is 13.6. The van der Waals surface area contributed by atoms with Crippen molar-refractivity contribution in [1.29, 1.82) is 0 Å². The van der Waals surface area contributed by atoms with Gasteiger partial charge in [0.2, 0.25) is 0 Å². The molecule has 0 amide bonds. The van der Waals surface area contributed by atoms with Crippen molar-refractivity contribution in [3.63, 3.8) is 0 Å². The normalized spacial score (nSPS) is 15.0. The molecule has 0 heterocycles. The van der Waals surface area contributed by atoms with Crippen LogP contribution in [0.4, 0.5) is 0 Å².